The Morgan fingerprint density at radius 3 is 2.81 bits per heavy atom. The number of fused-ring (bicyclic) bond motifs is 1. The number of aliphatic hydroxyl groups is 1. The van der Waals surface area contributed by atoms with Gasteiger partial charge in [-0.05, 0) is 69.5 Å². The van der Waals surface area contributed by atoms with E-state index in [-0.39, 0.29) is 11.7 Å². The van der Waals surface area contributed by atoms with Crippen LogP contribution in [0.4, 0.5) is 4.39 Å². The van der Waals surface area contributed by atoms with E-state index in [1.54, 1.807) is 11.0 Å². The molecule has 2 N–H and O–H groups in total. The predicted molar refractivity (Wildman–Crippen MR) is 101 cm³/mol. The molecule has 5 nitrogen and oxygen atoms in total. The van der Waals surface area contributed by atoms with Crippen LogP contribution in [-0.4, -0.2) is 64.6 Å². The lowest BCUT2D eigenvalue weighted by Crippen LogP contribution is -2.44. The minimum absolute atomic E-state index is 0.201. The van der Waals surface area contributed by atoms with Crippen molar-refractivity contribution in [2.75, 3.05) is 32.7 Å². The quantitative estimate of drug-likeness (QED) is 0.832. The van der Waals surface area contributed by atoms with Crippen LogP contribution >= 0.6 is 0 Å². The molecule has 0 aliphatic carbocycles. The van der Waals surface area contributed by atoms with E-state index in [2.05, 4.69) is 9.88 Å². The van der Waals surface area contributed by atoms with Crippen molar-refractivity contribution in [1.29, 1.82) is 0 Å². The molecule has 1 aromatic heterocycles. The topological polar surface area (TPSA) is 59.6 Å². The highest BCUT2D eigenvalue weighted by atomic mass is 19.1. The van der Waals surface area contributed by atoms with Crippen molar-refractivity contribution in [3.63, 3.8) is 0 Å². The number of H-pyrrole nitrogens is 1. The Morgan fingerprint density at radius 2 is 2.15 bits per heavy atom. The summed E-state index contributed by atoms with van der Waals surface area (Å²) < 4.78 is 13.4. The number of rotatable bonds is 6. The summed E-state index contributed by atoms with van der Waals surface area (Å²) in [6.07, 6.45) is 3.19. The molecule has 1 amide bonds. The van der Waals surface area contributed by atoms with Gasteiger partial charge >= 0.3 is 0 Å². The normalized spacial score (nSPS) is 17.5. The maximum absolute atomic E-state index is 13.4. The Kier molecular flexibility index (Phi) is 5.94. The van der Waals surface area contributed by atoms with E-state index in [0.717, 1.165) is 43.4 Å². The molecule has 0 bridgehead atoms. The number of carbonyl (C=O) groups excluding carboxylic acids is 1. The highest BCUT2D eigenvalue weighted by Gasteiger charge is 2.24. The van der Waals surface area contributed by atoms with Crippen LogP contribution in [0.5, 0.6) is 0 Å². The number of benzene rings is 1. The number of aromatic amines is 1. The highest BCUT2D eigenvalue weighted by molar-refractivity contribution is 5.83. The molecule has 2 aromatic rings. The zero-order valence-corrected chi connectivity index (χ0v) is 15.5. The SMILES string of the molecule is CCN(CCN1CCC(c2c[nH]c3cc(F)ccc23)CC1)C(=O)[C@H](C)O. The Labute approximate surface area is 153 Å². The monoisotopic (exact) mass is 361 g/mol. The minimum atomic E-state index is -0.938. The number of amides is 1. The molecule has 0 spiro atoms. The molecule has 6 heteroatoms. The van der Waals surface area contributed by atoms with Gasteiger partial charge in [-0.1, -0.05) is 0 Å². The summed E-state index contributed by atoms with van der Waals surface area (Å²) in [5.41, 5.74) is 2.14. The number of nitrogens with zero attached hydrogens (tertiary/aromatic N) is 2. The number of hydrogen-bond donors (Lipinski definition) is 2. The van der Waals surface area contributed by atoms with E-state index in [1.165, 1.54) is 18.6 Å². The number of hydrogen-bond acceptors (Lipinski definition) is 3. The smallest absolute Gasteiger partial charge is 0.251 e. The molecule has 1 atom stereocenters. The first-order valence-corrected chi connectivity index (χ1v) is 9.45. The lowest BCUT2D eigenvalue weighted by molar-refractivity contribution is -0.139. The molecule has 1 fully saturated rings. The van der Waals surface area contributed by atoms with Crippen molar-refractivity contribution in [2.24, 2.45) is 0 Å². The predicted octanol–water partition coefficient (Wildman–Crippen LogP) is 2.72. The average molecular weight is 361 g/mol. The number of halogens is 1. The maximum Gasteiger partial charge on any atom is 0.251 e. The minimum Gasteiger partial charge on any atom is -0.384 e. The molecule has 1 saturated heterocycles. The van der Waals surface area contributed by atoms with Gasteiger partial charge in [-0.3, -0.25) is 4.79 Å². The molecule has 2 heterocycles. The Morgan fingerprint density at radius 1 is 1.42 bits per heavy atom. The second-order valence-electron chi connectivity index (χ2n) is 7.14. The van der Waals surface area contributed by atoms with Gasteiger partial charge in [0.25, 0.3) is 5.91 Å². The van der Waals surface area contributed by atoms with E-state index < -0.39 is 6.10 Å². The molecule has 0 saturated carbocycles. The van der Waals surface area contributed by atoms with Gasteiger partial charge in [-0.2, -0.15) is 0 Å². The van der Waals surface area contributed by atoms with Crippen LogP contribution in [0.3, 0.4) is 0 Å². The number of piperidine rings is 1. The molecule has 3 rings (SSSR count). The first-order chi connectivity index (χ1) is 12.5. The number of likely N-dealkylation sites (tertiary alicyclic amines) is 1. The number of aromatic nitrogens is 1. The van der Waals surface area contributed by atoms with E-state index in [1.807, 2.05) is 19.2 Å². The van der Waals surface area contributed by atoms with Gasteiger partial charge < -0.3 is 19.9 Å². The number of likely N-dealkylation sites (N-methyl/N-ethyl adjacent to an activating group) is 1. The van der Waals surface area contributed by atoms with Gasteiger partial charge in [0.15, 0.2) is 0 Å². The van der Waals surface area contributed by atoms with E-state index in [9.17, 15) is 14.3 Å². The first-order valence-electron chi connectivity index (χ1n) is 9.45. The zero-order chi connectivity index (χ0) is 18.7. The van der Waals surface area contributed by atoms with Crippen molar-refractivity contribution < 1.29 is 14.3 Å². The van der Waals surface area contributed by atoms with Crippen molar-refractivity contribution in [2.45, 2.75) is 38.7 Å². The largest absolute Gasteiger partial charge is 0.384 e. The summed E-state index contributed by atoms with van der Waals surface area (Å²) in [7, 11) is 0. The van der Waals surface area contributed by atoms with E-state index >= 15 is 0 Å². The molecular weight excluding hydrogens is 333 g/mol. The third-order valence-electron chi connectivity index (χ3n) is 5.44. The Hall–Kier alpha value is -1.92. The zero-order valence-electron chi connectivity index (χ0n) is 15.5. The first kappa shape index (κ1) is 18.9. The lowest BCUT2D eigenvalue weighted by Gasteiger charge is -2.33. The molecule has 26 heavy (non-hydrogen) atoms. The third kappa shape index (κ3) is 4.07. The Balaban J connectivity index is 1.55. The second-order valence-corrected chi connectivity index (χ2v) is 7.14. The van der Waals surface area contributed by atoms with Crippen molar-refractivity contribution in [3.05, 3.63) is 35.8 Å². The molecule has 1 aromatic carbocycles. The third-order valence-corrected chi connectivity index (χ3v) is 5.44. The molecule has 1 aliphatic heterocycles. The summed E-state index contributed by atoms with van der Waals surface area (Å²) in [6.45, 7) is 7.52. The van der Waals surface area contributed by atoms with Gasteiger partial charge in [0.05, 0.1) is 0 Å². The Bertz CT molecular complexity index is 751. The maximum atomic E-state index is 13.4. The molecular formula is C20H28FN3O2. The van der Waals surface area contributed by atoms with Gasteiger partial charge in [0, 0.05) is 36.7 Å². The van der Waals surface area contributed by atoms with Crippen molar-refractivity contribution >= 4 is 16.8 Å². The fourth-order valence-corrected chi connectivity index (χ4v) is 3.88. The van der Waals surface area contributed by atoms with Gasteiger partial charge in [0.1, 0.15) is 11.9 Å². The average Bonchev–Trinajstić information content (AvgIpc) is 3.05. The molecule has 0 radical (unpaired) electrons. The lowest BCUT2D eigenvalue weighted by atomic mass is 9.89. The van der Waals surface area contributed by atoms with E-state index in [0.29, 0.717) is 19.0 Å². The van der Waals surface area contributed by atoms with Crippen LogP contribution < -0.4 is 0 Å². The molecule has 1 aliphatic rings. The fraction of sp³-hybridized carbons (Fsp3) is 0.550. The van der Waals surface area contributed by atoms with Gasteiger partial charge in [-0.25, -0.2) is 4.39 Å². The highest BCUT2D eigenvalue weighted by Crippen LogP contribution is 2.33. The van der Waals surface area contributed by atoms with Crippen molar-refractivity contribution in [3.8, 4) is 0 Å². The number of aliphatic hydroxyl groups excluding tert-OH is 1. The van der Waals surface area contributed by atoms with Crippen LogP contribution in [0.15, 0.2) is 24.4 Å². The molecule has 142 valence electrons. The van der Waals surface area contributed by atoms with Crippen LogP contribution in [0, 0.1) is 5.82 Å². The van der Waals surface area contributed by atoms with E-state index in [4.69, 9.17) is 0 Å². The van der Waals surface area contributed by atoms with Crippen LogP contribution in [0.25, 0.3) is 10.9 Å². The standard InChI is InChI=1S/C20H28FN3O2/c1-3-24(20(26)14(2)25)11-10-23-8-6-15(7-9-23)18-13-22-19-12-16(21)4-5-17(18)19/h4-5,12-15,22,25H,3,6-11H2,1-2H3/t14-/m0/s1. The van der Waals surface area contributed by atoms with Crippen LogP contribution in [0.1, 0.15) is 38.2 Å². The summed E-state index contributed by atoms with van der Waals surface area (Å²) in [5.74, 6) is 0.0631. The summed E-state index contributed by atoms with van der Waals surface area (Å²) in [6, 6.07) is 4.93. The number of nitrogens with one attached hydrogen (secondary N) is 1. The summed E-state index contributed by atoms with van der Waals surface area (Å²) in [5, 5.41) is 10.6. The number of carbonyl (C=O) groups is 1. The molecule has 0 unspecified atom stereocenters. The fourth-order valence-electron chi connectivity index (χ4n) is 3.88. The van der Waals surface area contributed by atoms with Crippen LogP contribution in [-0.2, 0) is 4.79 Å². The van der Waals surface area contributed by atoms with Gasteiger partial charge in [0.2, 0.25) is 0 Å². The summed E-state index contributed by atoms with van der Waals surface area (Å²) in [4.78, 5) is 19.2. The van der Waals surface area contributed by atoms with Crippen molar-refractivity contribution in [1.82, 2.24) is 14.8 Å². The summed E-state index contributed by atoms with van der Waals surface area (Å²) >= 11 is 0. The second kappa shape index (κ2) is 8.18. The van der Waals surface area contributed by atoms with Crippen LogP contribution in [0.2, 0.25) is 0 Å². The van der Waals surface area contributed by atoms with Gasteiger partial charge in [-0.15, -0.1) is 0 Å².